The fourth-order valence-corrected chi connectivity index (χ4v) is 2.58. The van der Waals surface area contributed by atoms with Crippen molar-refractivity contribution in [1.29, 1.82) is 0 Å². The van der Waals surface area contributed by atoms with Gasteiger partial charge < -0.3 is 20.1 Å². The van der Waals surface area contributed by atoms with Crippen molar-refractivity contribution < 1.29 is 17.9 Å². The van der Waals surface area contributed by atoms with Crippen LogP contribution in [0.3, 0.4) is 0 Å². The van der Waals surface area contributed by atoms with Crippen molar-refractivity contribution in [2.45, 2.75) is 19.4 Å². The van der Waals surface area contributed by atoms with E-state index >= 15 is 0 Å². The Morgan fingerprint density at radius 1 is 1.26 bits per heavy atom. The number of hydrogen-bond acceptors (Lipinski definition) is 5. The maximum atomic E-state index is 11.0. The first-order valence-electron chi connectivity index (χ1n) is 8.47. The summed E-state index contributed by atoms with van der Waals surface area (Å²) in [7, 11) is -1.31. The van der Waals surface area contributed by atoms with Gasteiger partial charge in [0, 0.05) is 19.8 Å². The van der Waals surface area contributed by atoms with Crippen molar-refractivity contribution in [3.63, 3.8) is 0 Å². The van der Waals surface area contributed by atoms with Gasteiger partial charge in [-0.1, -0.05) is 30.7 Å². The first-order chi connectivity index (χ1) is 12.4. The lowest BCUT2D eigenvalue weighted by atomic mass is 10.2. The summed E-state index contributed by atoms with van der Waals surface area (Å²) in [5, 5.41) is 6.88. The van der Waals surface area contributed by atoms with Crippen molar-refractivity contribution in [3.05, 3.63) is 29.3 Å². The largest absolute Gasteiger partial charge is 0.487 e. The van der Waals surface area contributed by atoms with Gasteiger partial charge in [-0.2, -0.15) is 0 Å². The minimum Gasteiger partial charge on any atom is -0.487 e. The Morgan fingerprint density at radius 2 is 1.96 bits per heavy atom. The van der Waals surface area contributed by atoms with Crippen LogP contribution in [0.5, 0.6) is 5.75 Å². The van der Waals surface area contributed by atoms with Gasteiger partial charge in [-0.15, -0.1) is 24.0 Å². The van der Waals surface area contributed by atoms with Crippen LogP contribution in [0, 0.1) is 0 Å². The summed E-state index contributed by atoms with van der Waals surface area (Å²) in [6, 6.07) is 7.37. The molecular formula is C17H29ClIN3O4S. The van der Waals surface area contributed by atoms with Gasteiger partial charge in [0.05, 0.1) is 30.5 Å². The van der Waals surface area contributed by atoms with Crippen LogP contribution < -0.4 is 15.4 Å². The second-order valence-corrected chi connectivity index (χ2v) is 8.37. The van der Waals surface area contributed by atoms with Crippen molar-refractivity contribution in [1.82, 2.24) is 10.6 Å². The van der Waals surface area contributed by atoms with E-state index in [0.717, 1.165) is 6.42 Å². The fraction of sp³-hybridized carbons (Fsp3) is 0.588. The molecule has 0 aliphatic rings. The molecule has 1 aromatic rings. The van der Waals surface area contributed by atoms with Crippen LogP contribution in [0.4, 0.5) is 0 Å². The van der Waals surface area contributed by atoms with Crippen LogP contribution in [-0.2, 0) is 14.6 Å². The summed E-state index contributed by atoms with van der Waals surface area (Å²) < 4.78 is 33.2. The molecule has 2 N–H and O–H groups in total. The molecule has 7 nitrogen and oxygen atoms in total. The van der Waals surface area contributed by atoms with E-state index in [0.29, 0.717) is 36.4 Å². The number of rotatable bonds is 11. The third kappa shape index (κ3) is 12.3. The SMILES string of the molecule is CCC(CNC(=NC)NCCOCCS(C)(=O)=O)Oc1ccccc1Cl.I. The first-order valence-corrected chi connectivity index (χ1v) is 10.9. The molecule has 1 rings (SSSR count). The van der Waals surface area contributed by atoms with E-state index in [9.17, 15) is 8.42 Å². The lowest BCUT2D eigenvalue weighted by Gasteiger charge is -2.20. The van der Waals surface area contributed by atoms with Gasteiger partial charge in [-0.05, 0) is 18.6 Å². The highest BCUT2D eigenvalue weighted by atomic mass is 127. The number of para-hydroxylation sites is 1. The van der Waals surface area contributed by atoms with Crippen molar-refractivity contribution in [2.75, 3.05) is 45.4 Å². The molecular weight excluding hydrogens is 505 g/mol. The fourth-order valence-electron chi connectivity index (χ4n) is 1.97. The molecule has 0 fully saturated rings. The van der Waals surface area contributed by atoms with Gasteiger partial charge >= 0.3 is 0 Å². The number of benzene rings is 1. The summed E-state index contributed by atoms with van der Waals surface area (Å²) in [6.07, 6.45) is 1.94. The summed E-state index contributed by atoms with van der Waals surface area (Å²) >= 11 is 6.12. The standard InChI is InChI=1S/C17H28ClN3O4S.HI/c1-4-14(25-16-8-6-5-7-15(16)18)13-21-17(19-2)20-9-10-24-11-12-26(3,22)23;/h5-8,14H,4,9-13H2,1-3H3,(H2,19,20,21);1H. The van der Waals surface area contributed by atoms with E-state index in [4.69, 9.17) is 21.1 Å². The summed E-state index contributed by atoms with van der Waals surface area (Å²) in [5.74, 6) is 1.31. The van der Waals surface area contributed by atoms with Gasteiger partial charge in [-0.3, -0.25) is 4.99 Å². The number of nitrogens with one attached hydrogen (secondary N) is 2. The number of guanidine groups is 1. The molecule has 0 aromatic heterocycles. The smallest absolute Gasteiger partial charge is 0.191 e. The average molecular weight is 534 g/mol. The zero-order valence-corrected chi connectivity index (χ0v) is 19.8. The molecule has 0 bridgehead atoms. The Morgan fingerprint density at radius 3 is 2.56 bits per heavy atom. The molecule has 10 heteroatoms. The van der Waals surface area contributed by atoms with Crippen molar-refractivity contribution >= 4 is 51.4 Å². The van der Waals surface area contributed by atoms with Crippen molar-refractivity contribution in [2.24, 2.45) is 4.99 Å². The van der Waals surface area contributed by atoms with E-state index in [1.807, 2.05) is 25.1 Å². The zero-order valence-electron chi connectivity index (χ0n) is 15.9. The topological polar surface area (TPSA) is 89.0 Å². The van der Waals surface area contributed by atoms with E-state index in [1.54, 1.807) is 13.1 Å². The average Bonchev–Trinajstić information content (AvgIpc) is 2.60. The molecule has 0 aliphatic carbocycles. The molecule has 1 unspecified atom stereocenters. The highest BCUT2D eigenvalue weighted by Crippen LogP contribution is 2.24. The second kappa shape index (κ2) is 14.3. The molecule has 0 amide bonds. The molecule has 0 spiro atoms. The Bertz CT molecular complexity index is 674. The van der Waals surface area contributed by atoms with Crippen LogP contribution in [0.25, 0.3) is 0 Å². The Balaban J connectivity index is 0.00000676. The number of aliphatic imine (C=N–C) groups is 1. The minimum absolute atomic E-state index is 0. The maximum absolute atomic E-state index is 11.0. The zero-order chi connectivity index (χ0) is 19.4. The van der Waals surface area contributed by atoms with E-state index in [1.165, 1.54) is 6.26 Å². The number of sulfone groups is 1. The molecule has 0 heterocycles. The Labute approximate surface area is 184 Å². The molecule has 0 saturated heterocycles. The Kier molecular flexibility index (Phi) is 13.8. The number of nitrogens with zero attached hydrogens (tertiary/aromatic N) is 1. The first kappa shape index (κ1) is 26.2. The third-order valence-electron chi connectivity index (χ3n) is 3.44. The minimum atomic E-state index is -2.99. The lowest BCUT2D eigenvalue weighted by molar-refractivity contribution is 0.153. The molecule has 1 atom stereocenters. The van der Waals surface area contributed by atoms with Crippen LogP contribution in [0.15, 0.2) is 29.3 Å². The molecule has 27 heavy (non-hydrogen) atoms. The monoisotopic (exact) mass is 533 g/mol. The van der Waals surface area contributed by atoms with Gasteiger partial charge in [-0.25, -0.2) is 8.42 Å². The predicted molar refractivity (Wildman–Crippen MR) is 121 cm³/mol. The third-order valence-corrected chi connectivity index (χ3v) is 4.66. The number of ether oxygens (including phenoxy) is 2. The quantitative estimate of drug-likeness (QED) is 0.196. The summed E-state index contributed by atoms with van der Waals surface area (Å²) in [5.41, 5.74) is 0. The molecule has 0 radical (unpaired) electrons. The van der Waals surface area contributed by atoms with E-state index in [-0.39, 0.29) is 42.4 Å². The van der Waals surface area contributed by atoms with Crippen LogP contribution in [-0.4, -0.2) is 65.8 Å². The van der Waals surface area contributed by atoms with E-state index < -0.39 is 9.84 Å². The second-order valence-electron chi connectivity index (χ2n) is 5.70. The van der Waals surface area contributed by atoms with Gasteiger partial charge in [0.1, 0.15) is 21.7 Å². The van der Waals surface area contributed by atoms with E-state index in [2.05, 4.69) is 15.6 Å². The maximum Gasteiger partial charge on any atom is 0.191 e. The molecule has 156 valence electrons. The van der Waals surface area contributed by atoms with Gasteiger partial charge in [0.2, 0.25) is 0 Å². The van der Waals surface area contributed by atoms with Crippen molar-refractivity contribution in [3.8, 4) is 5.75 Å². The normalized spacial score (nSPS) is 12.8. The number of halogens is 2. The van der Waals surface area contributed by atoms with Crippen LogP contribution in [0.2, 0.25) is 5.02 Å². The van der Waals surface area contributed by atoms with Crippen LogP contribution >= 0.6 is 35.6 Å². The van der Waals surface area contributed by atoms with Crippen LogP contribution in [0.1, 0.15) is 13.3 Å². The molecule has 1 aromatic carbocycles. The summed E-state index contributed by atoms with van der Waals surface area (Å²) in [4.78, 5) is 4.14. The summed E-state index contributed by atoms with van der Waals surface area (Å²) in [6.45, 7) is 3.70. The highest BCUT2D eigenvalue weighted by molar-refractivity contribution is 14.0. The predicted octanol–water partition coefficient (Wildman–Crippen LogP) is 2.34. The molecule has 0 aliphatic heterocycles. The highest BCUT2D eigenvalue weighted by Gasteiger charge is 2.11. The molecule has 0 saturated carbocycles. The van der Waals surface area contributed by atoms with Gasteiger partial charge in [0.25, 0.3) is 0 Å². The van der Waals surface area contributed by atoms with Gasteiger partial charge in [0.15, 0.2) is 5.96 Å². The lowest BCUT2D eigenvalue weighted by Crippen LogP contribution is -2.43. The number of hydrogen-bond donors (Lipinski definition) is 2. The Hall–Kier alpha value is -0.780.